The molecule has 0 bridgehead atoms. The quantitative estimate of drug-likeness (QED) is 0.181. The first kappa shape index (κ1) is 36.5. The molecule has 1 aliphatic rings. The van der Waals surface area contributed by atoms with Crippen LogP contribution in [0.2, 0.25) is 0 Å². The second kappa shape index (κ2) is 20.3. The minimum Gasteiger partial charge on any atom is -0.382 e. The molecule has 0 radical (unpaired) electrons. The fourth-order valence-electron chi connectivity index (χ4n) is 4.32. The number of unbranched alkanes of at least 4 members (excludes halogenated alkanes) is 4. The van der Waals surface area contributed by atoms with E-state index in [1.54, 1.807) is 0 Å². The van der Waals surface area contributed by atoms with Gasteiger partial charge in [0.05, 0.1) is 17.6 Å². The summed E-state index contributed by atoms with van der Waals surface area (Å²) in [5.41, 5.74) is 2.00. The van der Waals surface area contributed by atoms with E-state index in [0.29, 0.717) is 11.5 Å². The molecule has 1 aliphatic carbocycles. The fraction of sp³-hybridized carbons (Fsp3) is 0.500. The smallest absolute Gasteiger partial charge is 0.350 e. The number of carbonyl (C=O) groups is 1. The van der Waals surface area contributed by atoms with E-state index in [-0.39, 0.29) is 29.5 Å². The summed E-state index contributed by atoms with van der Waals surface area (Å²) < 4.78 is 5.35. The standard InChI is InChI=1S/C26H34O2S.5FH/c1-2-3-4-5-7-10-21-13-15-22(16-14-21)23-17-19-24(20-18-23)26(27)28-29-25-11-8-6-9-12-25;;;;;/h6,8-9,11-12,17-22H,2-5,7,10,13-16H2,1H3;5*1H. The summed E-state index contributed by atoms with van der Waals surface area (Å²) in [5.74, 6) is 1.30. The first-order valence-corrected chi connectivity index (χ1v) is 12.0. The SMILES string of the molecule is CCCCCCCC1CCC(c2ccc(C(=O)OSc3ccccc3)cc2)CC1.F.F.F.F.F. The van der Waals surface area contributed by atoms with Crippen molar-refractivity contribution in [1.29, 1.82) is 0 Å². The molecule has 0 aliphatic heterocycles. The third-order valence-corrected chi connectivity index (χ3v) is 6.84. The summed E-state index contributed by atoms with van der Waals surface area (Å²) in [7, 11) is 0. The van der Waals surface area contributed by atoms with E-state index in [4.69, 9.17) is 4.18 Å². The fourth-order valence-corrected chi connectivity index (χ4v) is 4.86. The van der Waals surface area contributed by atoms with Crippen LogP contribution in [-0.4, -0.2) is 5.97 Å². The van der Waals surface area contributed by atoms with Crippen LogP contribution in [0.15, 0.2) is 59.5 Å². The number of hydrogen-bond donors (Lipinski definition) is 0. The Hall–Kier alpha value is -2.09. The van der Waals surface area contributed by atoms with Gasteiger partial charge < -0.3 is 4.18 Å². The van der Waals surface area contributed by atoms with E-state index >= 15 is 0 Å². The van der Waals surface area contributed by atoms with E-state index in [9.17, 15) is 4.79 Å². The molecule has 2 nitrogen and oxygen atoms in total. The van der Waals surface area contributed by atoms with E-state index in [1.807, 2.05) is 42.5 Å². The van der Waals surface area contributed by atoms with Crippen LogP contribution < -0.4 is 0 Å². The van der Waals surface area contributed by atoms with E-state index in [1.165, 1.54) is 69.8 Å². The largest absolute Gasteiger partial charge is 0.382 e. The second-order valence-corrected chi connectivity index (χ2v) is 9.11. The van der Waals surface area contributed by atoms with E-state index in [2.05, 4.69) is 19.1 Å². The van der Waals surface area contributed by atoms with Gasteiger partial charge in [-0.05, 0) is 67.3 Å². The molecule has 0 N–H and O–H groups in total. The highest BCUT2D eigenvalue weighted by molar-refractivity contribution is 7.95. The number of hydrogen-bond acceptors (Lipinski definition) is 3. The Morgan fingerprint density at radius 2 is 1.38 bits per heavy atom. The van der Waals surface area contributed by atoms with Crippen molar-refractivity contribution in [1.82, 2.24) is 0 Å². The van der Waals surface area contributed by atoms with Crippen LogP contribution in [-0.2, 0) is 4.18 Å². The first-order valence-electron chi connectivity index (χ1n) is 11.3. The average molecular weight is 511 g/mol. The summed E-state index contributed by atoms with van der Waals surface area (Å²) in [6.07, 6.45) is 13.6. The maximum absolute atomic E-state index is 12.3. The lowest BCUT2D eigenvalue weighted by atomic mass is 9.77. The van der Waals surface area contributed by atoms with Crippen LogP contribution in [0.25, 0.3) is 0 Å². The van der Waals surface area contributed by atoms with Crippen molar-refractivity contribution in [3.05, 3.63) is 65.7 Å². The van der Waals surface area contributed by atoms with Crippen LogP contribution in [0.1, 0.15) is 93.0 Å². The van der Waals surface area contributed by atoms with Gasteiger partial charge >= 0.3 is 5.97 Å². The van der Waals surface area contributed by atoms with Gasteiger partial charge in [-0.15, -0.1) is 0 Å². The molecule has 0 saturated heterocycles. The van der Waals surface area contributed by atoms with Crippen molar-refractivity contribution in [2.24, 2.45) is 5.92 Å². The Morgan fingerprint density at radius 3 is 1.97 bits per heavy atom. The molecule has 196 valence electrons. The van der Waals surface area contributed by atoms with Crippen LogP contribution in [0.5, 0.6) is 0 Å². The predicted octanol–water partition coefficient (Wildman–Crippen LogP) is 8.95. The van der Waals surface area contributed by atoms with Gasteiger partial charge in [-0.2, -0.15) is 0 Å². The molecule has 3 rings (SSSR count). The van der Waals surface area contributed by atoms with Crippen molar-refractivity contribution < 1.29 is 32.5 Å². The van der Waals surface area contributed by atoms with Gasteiger partial charge in [-0.1, -0.05) is 75.8 Å². The Morgan fingerprint density at radius 1 is 0.794 bits per heavy atom. The molecule has 2 aromatic rings. The molecule has 0 unspecified atom stereocenters. The van der Waals surface area contributed by atoms with Gasteiger partial charge in [0.25, 0.3) is 0 Å². The molecule has 0 heterocycles. The second-order valence-electron chi connectivity index (χ2n) is 8.31. The molecular formula is C26H39F5O2S. The molecule has 2 aromatic carbocycles. The van der Waals surface area contributed by atoms with Gasteiger partial charge in [0, 0.05) is 4.90 Å². The van der Waals surface area contributed by atoms with Crippen LogP contribution >= 0.6 is 12.0 Å². The molecule has 34 heavy (non-hydrogen) atoms. The van der Waals surface area contributed by atoms with Gasteiger partial charge in [-0.25, -0.2) is 4.79 Å². The molecule has 0 aromatic heterocycles. The molecule has 0 amide bonds. The summed E-state index contributed by atoms with van der Waals surface area (Å²) in [6, 6.07) is 17.8. The molecule has 1 saturated carbocycles. The zero-order valence-corrected chi connectivity index (χ0v) is 20.5. The van der Waals surface area contributed by atoms with Crippen molar-refractivity contribution >= 4 is 18.0 Å². The van der Waals surface area contributed by atoms with Gasteiger partial charge in [0.2, 0.25) is 0 Å². The first-order chi connectivity index (χ1) is 14.3. The highest BCUT2D eigenvalue weighted by atomic mass is 32.2. The molecule has 1 fully saturated rings. The van der Waals surface area contributed by atoms with Crippen molar-refractivity contribution in [3.63, 3.8) is 0 Å². The molecular weight excluding hydrogens is 471 g/mol. The van der Waals surface area contributed by atoms with E-state index in [0.717, 1.165) is 22.9 Å². The third-order valence-electron chi connectivity index (χ3n) is 6.14. The lowest BCUT2D eigenvalue weighted by molar-refractivity contribution is 0.0768. The topological polar surface area (TPSA) is 26.3 Å². The normalized spacial score (nSPS) is 16.3. The Balaban J connectivity index is -0.00000192. The van der Waals surface area contributed by atoms with Crippen molar-refractivity contribution in [3.8, 4) is 0 Å². The summed E-state index contributed by atoms with van der Waals surface area (Å²) in [5, 5.41) is 0. The minimum atomic E-state index is -0.280. The molecule has 0 atom stereocenters. The van der Waals surface area contributed by atoms with E-state index < -0.39 is 0 Å². The summed E-state index contributed by atoms with van der Waals surface area (Å²) in [6.45, 7) is 2.28. The number of benzene rings is 2. The van der Waals surface area contributed by atoms with Crippen LogP contribution in [0.3, 0.4) is 0 Å². The average Bonchev–Trinajstić information content (AvgIpc) is 2.78. The summed E-state index contributed by atoms with van der Waals surface area (Å²) in [4.78, 5) is 13.2. The molecule has 8 heteroatoms. The maximum atomic E-state index is 12.3. The Kier molecular flexibility index (Phi) is 21.8. The van der Waals surface area contributed by atoms with Crippen LogP contribution in [0.4, 0.5) is 23.5 Å². The number of rotatable bonds is 10. The Labute approximate surface area is 204 Å². The number of carbonyl (C=O) groups excluding carboxylic acids is 1. The van der Waals surface area contributed by atoms with Gasteiger partial charge in [0.15, 0.2) is 0 Å². The zero-order valence-electron chi connectivity index (χ0n) is 19.7. The monoisotopic (exact) mass is 510 g/mol. The predicted molar refractivity (Wildman–Crippen MR) is 135 cm³/mol. The van der Waals surface area contributed by atoms with Gasteiger partial charge in [0.1, 0.15) is 0 Å². The highest BCUT2D eigenvalue weighted by Gasteiger charge is 2.22. The minimum absolute atomic E-state index is 0. The Bertz CT molecular complexity index is 739. The highest BCUT2D eigenvalue weighted by Crippen LogP contribution is 2.38. The zero-order chi connectivity index (χ0) is 20.3. The van der Waals surface area contributed by atoms with Crippen molar-refractivity contribution in [2.75, 3.05) is 0 Å². The third kappa shape index (κ3) is 11.9. The molecule has 0 spiro atoms. The number of halogens is 5. The van der Waals surface area contributed by atoms with Crippen molar-refractivity contribution in [2.45, 2.75) is 81.9 Å². The van der Waals surface area contributed by atoms with Gasteiger partial charge in [-0.3, -0.25) is 23.5 Å². The maximum Gasteiger partial charge on any atom is 0.350 e. The lowest BCUT2D eigenvalue weighted by Gasteiger charge is -2.29. The van der Waals surface area contributed by atoms with Crippen LogP contribution in [0, 0.1) is 5.92 Å². The lowest BCUT2D eigenvalue weighted by Crippen LogP contribution is -2.13. The summed E-state index contributed by atoms with van der Waals surface area (Å²) >= 11 is 1.12.